The molecule has 2 aromatic carbocycles. The zero-order valence-electron chi connectivity index (χ0n) is 22.8. The Hall–Kier alpha value is -1.05. The van der Waals surface area contributed by atoms with Crippen molar-refractivity contribution in [1.82, 2.24) is 4.90 Å². The molecule has 0 saturated heterocycles. The molecule has 1 aliphatic carbocycles. The second-order valence-corrected chi connectivity index (χ2v) is 13.0. The van der Waals surface area contributed by atoms with Crippen LogP contribution in [0.1, 0.15) is 66.7 Å². The molecule has 1 fully saturated rings. The third-order valence-corrected chi connectivity index (χ3v) is 9.33. The van der Waals surface area contributed by atoms with E-state index in [4.69, 9.17) is 9.52 Å². The van der Waals surface area contributed by atoms with E-state index >= 15 is 0 Å². The normalized spacial score (nSPS) is 18.9. The number of rotatable bonds is 6. The zero-order valence-corrected chi connectivity index (χ0v) is 26.2. The van der Waals surface area contributed by atoms with Gasteiger partial charge in [-0.3, -0.25) is 4.99 Å². The average molecular weight is 674 g/mol. The largest absolute Gasteiger partial charge is 0.358 e. The molecule has 4 rings (SSSR count). The molecule has 1 aliphatic heterocycles. The number of aliphatic imine (C=N–C) groups is 1. The summed E-state index contributed by atoms with van der Waals surface area (Å²) in [5.41, 5.74) is -0.297. The molecule has 35 heavy (non-hydrogen) atoms. The van der Waals surface area contributed by atoms with E-state index in [-0.39, 0.29) is 40.4 Å². The van der Waals surface area contributed by atoms with Gasteiger partial charge >= 0.3 is 0 Å². The fourth-order valence-electron chi connectivity index (χ4n) is 4.98. The fourth-order valence-corrected chi connectivity index (χ4v) is 7.14. The quantitative estimate of drug-likeness (QED) is 0.246. The molecule has 5 heteroatoms. The fraction of sp³-hybridized carbons (Fsp3) is 0.500. The smallest absolute Gasteiger partial charge is 0.199 e. The van der Waals surface area contributed by atoms with Gasteiger partial charge in [0.05, 0.1) is 6.04 Å². The summed E-state index contributed by atoms with van der Waals surface area (Å²) in [6, 6.07) is 22.4. The summed E-state index contributed by atoms with van der Waals surface area (Å²) in [5.74, 6) is 1.17. The van der Waals surface area contributed by atoms with E-state index in [9.17, 15) is 0 Å². The molecule has 1 heterocycles. The van der Waals surface area contributed by atoms with Crippen molar-refractivity contribution in [2.75, 3.05) is 6.54 Å². The number of nitrogens with zero attached hydrogens (tertiary/aromatic N) is 2. The summed E-state index contributed by atoms with van der Waals surface area (Å²) in [5, 5.41) is 2.57. The van der Waals surface area contributed by atoms with Gasteiger partial charge in [-0.05, 0) is 56.4 Å². The van der Waals surface area contributed by atoms with Gasteiger partial charge < -0.3 is 19.8 Å². The van der Waals surface area contributed by atoms with Gasteiger partial charge in [0.25, 0.3) is 0 Å². The first kappa shape index (κ1) is 32.0. The molecule has 1 radical (unpaired) electrons. The van der Waals surface area contributed by atoms with Crippen molar-refractivity contribution in [2.24, 2.45) is 10.4 Å². The minimum Gasteiger partial charge on any atom is -0.358 e. The second-order valence-electron chi connectivity index (χ2n) is 11.0. The van der Waals surface area contributed by atoms with Crippen LogP contribution in [-0.2, 0) is 24.6 Å². The molecule has 0 unspecified atom stereocenters. The van der Waals surface area contributed by atoms with E-state index in [1.165, 1.54) is 48.5 Å². The van der Waals surface area contributed by atoms with Crippen LogP contribution in [0.3, 0.4) is 0 Å². The molecule has 0 N–H and O–H groups in total. The van der Waals surface area contributed by atoms with E-state index < -0.39 is 13.7 Å². The van der Waals surface area contributed by atoms with Crippen molar-refractivity contribution < 1.29 is 24.6 Å². The van der Waals surface area contributed by atoms with Gasteiger partial charge in [0, 0.05) is 32.7 Å². The van der Waals surface area contributed by atoms with Crippen LogP contribution in [0.25, 0.3) is 0 Å². The van der Waals surface area contributed by atoms with Crippen molar-refractivity contribution in [1.29, 1.82) is 0 Å². The molecule has 2 aliphatic rings. The van der Waals surface area contributed by atoms with Gasteiger partial charge in [0.2, 0.25) is 0 Å². The van der Waals surface area contributed by atoms with E-state index in [1.54, 1.807) is 0 Å². The standard InChI is InChI=1S/C28H39N2OP.2CH3.Ir/c1-27(2,3)25-21-30(22-15-9-6-10-16-22)26(29-25)28(4,5)31-32(23-17-11-7-12-18-23)24-19-13-8-14-20-24;;;/h7-8,11-14,17-20,22,25H,6,9-10,15-16,21H2,1-5H3;2*1H3;/q;2*-1;/p+1/t25-;;;/m1.../s1. The van der Waals surface area contributed by atoms with Crippen LogP contribution in [0.4, 0.5) is 0 Å². The molecule has 2 aromatic rings. The second kappa shape index (κ2) is 13.5. The van der Waals surface area contributed by atoms with Crippen molar-refractivity contribution in [3.63, 3.8) is 0 Å². The zero-order chi connectivity index (χ0) is 22.8. The van der Waals surface area contributed by atoms with Gasteiger partial charge in [-0.1, -0.05) is 76.4 Å². The SMILES string of the molecule is CC(C)(O[PH+](c1ccccc1)c1ccccc1)C1=N[C@@H](C(C)(C)C)CN1C1CCCCC1.[CH3-].[CH3-].[Ir]. The van der Waals surface area contributed by atoms with Crippen molar-refractivity contribution in [3.05, 3.63) is 75.5 Å². The van der Waals surface area contributed by atoms with Crippen LogP contribution in [0.15, 0.2) is 65.7 Å². The Morgan fingerprint density at radius 1 is 0.800 bits per heavy atom. The Morgan fingerprint density at radius 3 is 1.74 bits per heavy atom. The molecule has 0 spiro atoms. The number of amidine groups is 1. The summed E-state index contributed by atoms with van der Waals surface area (Å²) in [4.78, 5) is 7.99. The average Bonchev–Trinajstić information content (AvgIpc) is 3.27. The van der Waals surface area contributed by atoms with Crippen LogP contribution in [-0.4, -0.2) is 35.0 Å². The van der Waals surface area contributed by atoms with Gasteiger partial charge in [-0.2, -0.15) is 0 Å². The monoisotopic (exact) mass is 674 g/mol. The van der Waals surface area contributed by atoms with Crippen LogP contribution < -0.4 is 10.6 Å². The predicted molar refractivity (Wildman–Crippen MR) is 153 cm³/mol. The topological polar surface area (TPSA) is 24.8 Å². The molecule has 197 valence electrons. The third-order valence-electron chi connectivity index (χ3n) is 6.90. The molecule has 0 bridgehead atoms. The molecular weight excluding hydrogens is 628 g/mol. The minimum atomic E-state index is -1.41. The number of benzene rings is 2. The van der Waals surface area contributed by atoms with Gasteiger partial charge in [0.15, 0.2) is 13.7 Å². The first-order chi connectivity index (χ1) is 15.3. The Labute approximate surface area is 230 Å². The van der Waals surface area contributed by atoms with E-state index in [0.29, 0.717) is 12.1 Å². The van der Waals surface area contributed by atoms with Crippen LogP contribution >= 0.6 is 8.15 Å². The van der Waals surface area contributed by atoms with Crippen molar-refractivity contribution >= 4 is 24.6 Å². The minimum absolute atomic E-state index is 0. The molecular formula is C30H46IrN2OP-. The molecule has 0 amide bonds. The predicted octanol–water partition coefficient (Wildman–Crippen LogP) is 6.92. The van der Waals surface area contributed by atoms with Gasteiger partial charge in [0.1, 0.15) is 16.4 Å². The van der Waals surface area contributed by atoms with E-state index in [2.05, 4.69) is 100 Å². The summed E-state index contributed by atoms with van der Waals surface area (Å²) in [6.07, 6.45) is 6.59. The summed E-state index contributed by atoms with van der Waals surface area (Å²) < 4.78 is 7.11. The van der Waals surface area contributed by atoms with E-state index in [0.717, 1.165) is 6.54 Å². The Balaban J connectivity index is 0.00000204. The van der Waals surface area contributed by atoms with E-state index in [1.807, 2.05) is 0 Å². The molecule has 0 aromatic heterocycles. The summed E-state index contributed by atoms with van der Waals surface area (Å²) in [6.45, 7) is 12.5. The van der Waals surface area contributed by atoms with Crippen molar-refractivity contribution in [2.45, 2.75) is 84.4 Å². The number of hydrogen-bond acceptors (Lipinski definition) is 3. The van der Waals surface area contributed by atoms with Crippen LogP contribution in [0, 0.1) is 20.3 Å². The Kier molecular flexibility index (Phi) is 12.3. The molecule has 3 nitrogen and oxygen atoms in total. The van der Waals surface area contributed by atoms with Crippen molar-refractivity contribution in [3.8, 4) is 0 Å². The summed E-state index contributed by atoms with van der Waals surface area (Å²) in [7, 11) is -1.41. The maximum atomic E-state index is 7.11. The Bertz CT molecular complexity index is 865. The third kappa shape index (κ3) is 7.72. The molecule has 1 saturated carbocycles. The first-order valence-corrected chi connectivity index (χ1v) is 13.7. The van der Waals surface area contributed by atoms with Gasteiger partial charge in [-0.15, -0.1) is 0 Å². The van der Waals surface area contributed by atoms with Gasteiger partial charge in [-0.25, -0.2) is 4.52 Å². The summed E-state index contributed by atoms with van der Waals surface area (Å²) >= 11 is 0. The maximum Gasteiger partial charge on any atom is 0.199 e. The van der Waals surface area contributed by atoms with Crippen LogP contribution in [0.5, 0.6) is 0 Å². The Morgan fingerprint density at radius 2 is 1.29 bits per heavy atom. The maximum absolute atomic E-state index is 7.11. The molecule has 1 atom stereocenters. The first-order valence-electron chi connectivity index (χ1n) is 12.3. The number of hydrogen-bond donors (Lipinski definition) is 0. The van der Waals surface area contributed by atoms with Crippen LogP contribution in [0.2, 0.25) is 0 Å².